The molecule has 0 fully saturated rings. The first-order valence-corrected chi connectivity index (χ1v) is 5.28. The Labute approximate surface area is 102 Å². The zero-order valence-corrected chi connectivity index (χ0v) is 9.94. The van der Waals surface area contributed by atoms with Crippen LogP contribution in [-0.4, -0.2) is 48.7 Å². The Hall–Kier alpha value is -0.470. The number of alkyl halides is 5. The van der Waals surface area contributed by atoms with Crippen molar-refractivity contribution >= 4 is 0 Å². The fourth-order valence-electron chi connectivity index (χ4n) is 1.06. The van der Waals surface area contributed by atoms with Crippen LogP contribution in [0.1, 0.15) is 19.8 Å². The number of aliphatic hydroxyl groups is 2. The van der Waals surface area contributed by atoms with Crippen LogP contribution in [0.4, 0.5) is 22.0 Å². The van der Waals surface area contributed by atoms with Crippen LogP contribution in [0.3, 0.4) is 0 Å². The molecular formula is C10H17F5O3. The Bertz CT molecular complexity index is 238. The third-order valence-electron chi connectivity index (χ3n) is 2.29. The van der Waals surface area contributed by atoms with Gasteiger partial charge >= 0.3 is 6.18 Å². The summed E-state index contributed by atoms with van der Waals surface area (Å²) in [5.41, 5.74) is -0.987. The van der Waals surface area contributed by atoms with E-state index in [1.807, 2.05) is 0 Å². The van der Waals surface area contributed by atoms with Crippen molar-refractivity contribution in [3.8, 4) is 0 Å². The highest BCUT2D eigenvalue weighted by Gasteiger charge is 2.43. The summed E-state index contributed by atoms with van der Waals surface area (Å²) in [6.45, 7) is -0.146. The largest absolute Gasteiger partial charge is 0.396 e. The van der Waals surface area contributed by atoms with E-state index in [2.05, 4.69) is 0 Å². The summed E-state index contributed by atoms with van der Waals surface area (Å²) in [6, 6.07) is 0. The van der Waals surface area contributed by atoms with E-state index in [1.165, 1.54) is 6.92 Å². The smallest absolute Gasteiger partial charge is 0.394 e. The Balaban J connectivity index is 3.97. The van der Waals surface area contributed by atoms with Gasteiger partial charge in [0.1, 0.15) is 6.42 Å². The van der Waals surface area contributed by atoms with E-state index in [0.717, 1.165) is 0 Å². The lowest BCUT2D eigenvalue weighted by Crippen LogP contribution is -2.33. The van der Waals surface area contributed by atoms with Crippen molar-refractivity contribution < 1.29 is 36.9 Å². The molecule has 0 rings (SSSR count). The molecule has 18 heavy (non-hydrogen) atoms. The highest BCUT2D eigenvalue weighted by atomic mass is 19.4. The van der Waals surface area contributed by atoms with Crippen LogP contribution in [0.25, 0.3) is 0 Å². The van der Waals surface area contributed by atoms with Gasteiger partial charge in [0.05, 0.1) is 26.4 Å². The lowest BCUT2D eigenvalue weighted by Gasteiger charge is -2.25. The molecule has 0 aliphatic rings. The summed E-state index contributed by atoms with van der Waals surface area (Å²) < 4.78 is 65.7. The van der Waals surface area contributed by atoms with E-state index >= 15 is 0 Å². The summed E-state index contributed by atoms with van der Waals surface area (Å²) in [6.07, 6.45) is -8.16. The molecule has 0 aromatic rings. The molecule has 0 unspecified atom stereocenters. The number of hydrogen-bond acceptors (Lipinski definition) is 3. The van der Waals surface area contributed by atoms with Crippen molar-refractivity contribution in [2.45, 2.75) is 31.9 Å². The van der Waals surface area contributed by atoms with E-state index in [-0.39, 0.29) is 6.61 Å². The maximum absolute atomic E-state index is 12.8. The fourth-order valence-corrected chi connectivity index (χ4v) is 1.06. The molecule has 0 saturated carbocycles. The van der Waals surface area contributed by atoms with Gasteiger partial charge < -0.3 is 14.9 Å². The van der Waals surface area contributed by atoms with E-state index in [4.69, 9.17) is 14.9 Å². The average Bonchev–Trinajstić information content (AvgIpc) is 2.21. The highest BCUT2D eigenvalue weighted by molar-refractivity contribution is 4.73. The standard InChI is InChI=1S/C10H17F5O3/c1-8(5-16,6-17)7-18-3-2-9(11,12)4-10(13,14)15/h16-17H,2-7H2,1H3. The lowest BCUT2D eigenvalue weighted by molar-refractivity contribution is -0.192. The molecule has 0 saturated heterocycles. The van der Waals surface area contributed by atoms with E-state index in [1.54, 1.807) is 0 Å². The third kappa shape index (κ3) is 7.78. The van der Waals surface area contributed by atoms with Crippen molar-refractivity contribution in [1.29, 1.82) is 0 Å². The maximum Gasteiger partial charge on any atom is 0.394 e. The van der Waals surface area contributed by atoms with Gasteiger partial charge in [-0.15, -0.1) is 0 Å². The summed E-state index contributed by atoms with van der Waals surface area (Å²) in [4.78, 5) is 0. The van der Waals surface area contributed by atoms with Gasteiger partial charge in [-0.25, -0.2) is 8.78 Å². The van der Waals surface area contributed by atoms with Gasteiger partial charge in [0.2, 0.25) is 0 Å². The molecular weight excluding hydrogens is 263 g/mol. The van der Waals surface area contributed by atoms with Gasteiger partial charge in [-0.3, -0.25) is 0 Å². The van der Waals surface area contributed by atoms with Gasteiger partial charge in [-0.2, -0.15) is 13.2 Å². The van der Waals surface area contributed by atoms with Gasteiger partial charge in [-0.05, 0) is 0 Å². The number of rotatable bonds is 8. The van der Waals surface area contributed by atoms with E-state index in [0.29, 0.717) is 0 Å². The molecule has 0 heterocycles. The number of halogens is 5. The van der Waals surface area contributed by atoms with Crippen LogP contribution < -0.4 is 0 Å². The summed E-state index contributed by atoms with van der Waals surface area (Å²) >= 11 is 0. The van der Waals surface area contributed by atoms with E-state index < -0.39 is 50.2 Å². The van der Waals surface area contributed by atoms with Crippen LogP contribution >= 0.6 is 0 Å². The first-order valence-electron chi connectivity index (χ1n) is 5.28. The SMILES string of the molecule is CC(CO)(CO)COCCC(F)(F)CC(F)(F)F. The molecule has 0 spiro atoms. The molecule has 0 aromatic carbocycles. The topological polar surface area (TPSA) is 49.7 Å². The molecule has 3 nitrogen and oxygen atoms in total. The number of hydrogen-bond donors (Lipinski definition) is 2. The van der Waals surface area contributed by atoms with E-state index in [9.17, 15) is 22.0 Å². The van der Waals surface area contributed by atoms with Crippen LogP contribution in [0, 0.1) is 5.41 Å². The quantitative estimate of drug-likeness (QED) is 0.528. The second-order valence-corrected chi connectivity index (χ2v) is 4.58. The van der Waals surface area contributed by atoms with Crippen LogP contribution in [-0.2, 0) is 4.74 Å². The van der Waals surface area contributed by atoms with Crippen LogP contribution in [0.5, 0.6) is 0 Å². The van der Waals surface area contributed by atoms with Gasteiger partial charge in [0.15, 0.2) is 0 Å². The molecule has 2 N–H and O–H groups in total. The van der Waals surface area contributed by atoms with Gasteiger partial charge in [0.25, 0.3) is 5.92 Å². The highest BCUT2D eigenvalue weighted by Crippen LogP contribution is 2.33. The molecule has 0 radical (unpaired) electrons. The van der Waals surface area contributed by atoms with Crippen molar-refractivity contribution in [2.75, 3.05) is 26.4 Å². The Morgan fingerprint density at radius 1 is 1.00 bits per heavy atom. The summed E-state index contributed by atoms with van der Waals surface area (Å²) in [5.74, 6) is -3.87. The Kier molecular flexibility index (Phi) is 6.45. The summed E-state index contributed by atoms with van der Waals surface area (Å²) in [5, 5.41) is 17.7. The zero-order valence-electron chi connectivity index (χ0n) is 9.94. The normalized spacial score (nSPS) is 14.0. The van der Waals surface area contributed by atoms with Crippen molar-refractivity contribution in [3.63, 3.8) is 0 Å². The second kappa shape index (κ2) is 6.63. The first kappa shape index (κ1) is 17.5. The second-order valence-electron chi connectivity index (χ2n) is 4.58. The fraction of sp³-hybridized carbons (Fsp3) is 1.00. The molecule has 0 bridgehead atoms. The maximum atomic E-state index is 12.8. The molecule has 110 valence electrons. The minimum atomic E-state index is -4.92. The molecule has 0 amide bonds. The Morgan fingerprint density at radius 3 is 1.89 bits per heavy atom. The predicted molar refractivity (Wildman–Crippen MR) is 53.3 cm³/mol. The minimum Gasteiger partial charge on any atom is -0.396 e. The number of ether oxygens (including phenoxy) is 1. The zero-order chi connectivity index (χ0) is 14.4. The molecule has 0 aromatic heterocycles. The monoisotopic (exact) mass is 280 g/mol. The van der Waals surface area contributed by atoms with Gasteiger partial charge in [-0.1, -0.05) is 6.92 Å². The minimum absolute atomic E-state index is 0.206. The van der Waals surface area contributed by atoms with Crippen LogP contribution in [0.2, 0.25) is 0 Å². The lowest BCUT2D eigenvalue weighted by atomic mass is 9.94. The predicted octanol–water partition coefficient (Wildman–Crippen LogP) is 1.97. The third-order valence-corrected chi connectivity index (χ3v) is 2.29. The van der Waals surface area contributed by atoms with Crippen molar-refractivity contribution in [3.05, 3.63) is 0 Å². The van der Waals surface area contributed by atoms with Crippen molar-refractivity contribution in [1.82, 2.24) is 0 Å². The average molecular weight is 280 g/mol. The Morgan fingerprint density at radius 2 is 1.50 bits per heavy atom. The summed E-state index contributed by atoms with van der Waals surface area (Å²) in [7, 11) is 0. The molecule has 0 aliphatic carbocycles. The van der Waals surface area contributed by atoms with Crippen LogP contribution in [0.15, 0.2) is 0 Å². The molecule has 0 aliphatic heterocycles. The first-order chi connectivity index (χ1) is 8.04. The molecule has 0 atom stereocenters. The van der Waals surface area contributed by atoms with Gasteiger partial charge in [0, 0.05) is 11.8 Å². The number of aliphatic hydroxyl groups excluding tert-OH is 2. The van der Waals surface area contributed by atoms with Crippen molar-refractivity contribution in [2.24, 2.45) is 5.41 Å². The molecule has 8 heteroatoms.